The Hall–Kier alpha value is -2.04. The molecule has 0 saturated heterocycles. The molecule has 0 aliphatic heterocycles. The summed E-state index contributed by atoms with van der Waals surface area (Å²) in [6, 6.07) is 8.10. The van der Waals surface area contributed by atoms with Crippen LogP contribution in [0.15, 0.2) is 30.3 Å². The van der Waals surface area contributed by atoms with Crippen molar-refractivity contribution < 1.29 is 14.7 Å². The van der Waals surface area contributed by atoms with Crippen LogP contribution in [0, 0.1) is 0 Å². The van der Waals surface area contributed by atoms with Crippen LogP contribution in [0.2, 0.25) is 0 Å². The maximum atomic E-state index is 11.9. The summed E-state index contributed by atoms with van der Waals surface area (Å²) >= 11 is 0. The minimum atomic E-state index is -1.46. The third kappa shape index (κ3) is 3.98. The van der Waals surface area contributed by atoms with E-state index >= 15 is 0 Å². The largest absolute Gasteiger partial charge is 0.479 e. The first-order chi connectivity index (χ1) is 8.65. The normalized spacial score (nSPS) is 14.3. The van der Waals surface area contributed by atoms with Gasteiger partial charge in [0.25, 0.3) is 0 Å². The number of hydrogen-bond donors (Lipinski definition) is 3. The maximum Gasteiger partial charge on any atom is 0.333 e. The van der Waals surface area contributed by atoms with Gasteiger partial charge < -0.3 is 15.7 Å². The van der Waals surface area contributed by atoms with Gasteiger partial charge in [0, 0.05) is 5.54 Å². The van der Waals surface area contributed by atoms with Crippen LogP contribution in [0.25, 0.3) is 0 Å². The fourth-order valence-corrected chi connectivity index (χ4v) is 1.62. The van der Waals surface area contributed by atoms with E-state index in [4.69, 9.17) is 0 Å². The monoisotopic (exact) mass is 264 g/mol. The van der Waals surface area contributed by atoms with Crippen molar-refractivity contribution in [1.82, 2.24) is 10.6 Å². The Bertz CT molecular complexity index is 465. The summed E-state index contributed by atoms with van der Waals surface area (Å²) in [5, 5.41) is 14.6. The molecule has 0 saturated carbocycles. The number of aliphatic carboxylic acids is 1. The van der Waals surface area contributed by atoms with Gasteiger partial charge >= 0.3 is 12.0 Å². The van der Waals surface area contributed by atoms with E-state index in [0.29, 0.717) is 5.56 Å². The smallest absolute Gasteiger partial charge is 0.333 e. The maximum absolute atomic E-state index is 11.9. The Balaban J connectivity index is 2.97. The molecule has 19 heavy (non-hydrogen) atoms. The van der Waals surface area contributed by atoms with E-state index in [0.717, 1.165) is 0 Å². The number of nitrogens with one attached hydrogen (secondary N) is 2. The third-order valence-corrected chi connectivity index (χ3v) is 2.63. The number of carboxylic acids is 1. The van der Waals surface area contributed by atoms with Gasteiger partial charge in [-0.05, 0) is 33.3 Å². The van der Waals surface area contributed by atoms with Crippen LogP contribution in [0.1, 0.15) is 33.3 Å². The van der Waals surface area contributed by atoms with E-state index in [-0.39, 0.29) is 0 Å². The molecule has 0 bridgehead atoms. The predicted molar refractivity (Wildman–Crippen MR) is 72.9 cm³/mol. The fourth-order valence-electron chi connectivity index (χ4n) is 1.62. The Morgan fingerprint density at radius 3 is 1.95 bits per heavy atom. The number of urea groups is 1. The van der Waals surface area contributed by atoms with Crippen LogP contribution in [-0.2, 0) is 10.3 Å². The van der Waals surface area contributed by atoms with E-state index in [2.05, 4.69) is 10.6 Å². The summed E-state index contributed by atoms with van der Waals surface area (Å²) in [7, 11) is 0. The molecule has 0 fully saturated rings. The van der Waals surface area contributed by atoms with Crippen LogP contribution in [0.5, 0.6) is 0 Å². The minimum absolute atomic E-state index is 0.430. The lowest BCUT2D eigenvalue weighted by Gasteiger charge is -2.29. The second kappa shape index (κ2) is 5.30. The standard InChI is InChI=1S/C14H20N2O3/c1-13(2,3)15-12(19)16-14(4,11(17)18)10-8-6-5-7-9-10/h5-9H,1-4H3,(H,17,18)(H2,15,16,19). The topological polar surface area (TPSA) is 78.4 Å². The van der Waals surface area contributed by atoms with Crippen molar-refractivity contribution in [3.05, 3.63) is 35.9 Å². The number of carbonyl (C=O) groups excluding carboxylic acids is 1. The van der Waals surface area contributed by atoms with E-state index in [1.807, 2.05) is 20.8 Å². The van der Waals surface area contributed by atoms with Gasteiger partial charge in [-0.25, -0.2) is 9.59 Å². The highest BCUT2D eigenvalue weighted by molar-refractivity contribution is 5.87. The zero-order valence-corrected chi connectivity index (χ0v) is 11.7. The second-order valence-electron chi connectivity index (χ2n) is 5.63. The van der Waals surface area contributed by atoms with Gasteiger partial charge in [-0.1, -0.05) is 30.3 Å². The molecule has 1 aromatic rings. The summed E-state index contributed by atoms with van der Waals surface area (Å²) in [4.78, 5) is 23.3. The highest BCUT2D eigenvalue weighted by atomic mass is 16.4. The third-order valence-electron chi connectivity index (χ3n) is 2.63. The number of carbonyl (C=O) groups is 2. The molecule has 5 heteroatoms. The zero-order chi connectivity index (χ0) is 14.7. The number of carboxylic acid groups (broad SMARTS) is 1. The molecule has 5 nitrogen and oxygen atoms in total. The molecule has 0 radical (unpaired) electrons. The van der Waals surface area contributed by atoms with Crippen molar-refractivity contribution in [2.24, 2.45) is 0 Å². The molecule has 0 aliphatic carbocycles. The van der Waals surface area contributed by atoms with Gasteiger partial charge in [0.15, 0.2) is 5.54 Å². The summed E-state index contributed by atoms with van der Waals surface area (Å²) in [6.07, 6.45) is 0. The number of rotatable bonds is 3. The summed E-state index contributed by atoms with van der Waals surface area (Å²) in [6.45, 7) is 6.94. The molecule has 1 atom stereocenters. The van der Waals surface area contributed by atoms with Crippen molar-refractivity contribution >= 4 is 12.0 Å². The molecule has 3 N–H and O–H groups in total. The molecular weight excluding hydrogens is 244 g/mol. The second-order valence-corrected chi connectivity index (χ2v) is 5.63. The van der Waals surface area contributed by atoms with Crippen LogP contribution in [-0.4, -0.2) is 22.6 Å². The molecule has 2 amide bonds. The molecule has 104 valence electrons. The van der Waals surface area contributed by atoms with Gasteiger partial charge in [0.1, 0.15) is 0 Å². The van der Waals surface area contributed by atoms with E-state index in [9.17, 15) is 14.7 Å². The number of benzene rings is 1. The lowest BCUT2D eigenvalue weighted by atomic mass is 9.92. The summed E-state index contributed by atoms with van der Waals surface area (Å²) in [5.74, 6) is -1.11. The highest BCUT2D eigenvalue weighted by Crippen LogP contribution is 2.20. The Labute approximate surface area is 113 Å². The van der Waals surface area contributed by atoms with E-state index < -0.39 is 23.1 Å². The van der Waals surface area contributed by atoms with Gasteiger partial charge in [0.05, 0.1) is 0 Å². The Kier molecular flexibility index (Phi) is 4.19. The first-order valence-corrected chi connectivity index (χ1v) is 6.04. The quantitative estimate of drug-likeness (QED) is 0.782. The molecular formula is C14H20N2O3. The highest BCUT2D eigenvalue weighted by Gasteiger charge is 2.37. The molecule has 1 aromatic carbocycles. The molecule has 0 aliphatic rings. The van der Waals surface area contributed by atoms with Gasteiger partial charge in [-0.3, -0.25) is 0 Å². The van der Waals surface area contributed by atoms with Crippen molar-refractivity contribution in [2.75, 3.05) is 0 Å². The van der Waals surface area contributed by atoms with Gasteiger partial charge in [-0.15, -0.1) is 0 Å². The SMILES string of the molecule is CC(C)(C)NC(=O)NC(C)(C(=O)O)c1ccccc1. The first kappa shape index (κ1) is 15.0. The average Bonchev–Trinajstić information content (AvgIpc) is 2.27. The summed E-state index contributed by atoms with van der Waals surface area (Å²) in [5.41, 5.74) is -1.37. The molecule has 1 unspecified atom stereocenters. The molecule has 0 aromatic heterocycles. The van der Waals surface area contributed by atoms with E-state index in [1.54, 1.807) is 30.3 Å². The van der Waals surface area contributed by atoms with Crippen LogP contribution < -0.4 is 10.6 Å². The molecule has 1 rings (SSSR count). The summed E-state index contributed by atoms with van der Waals surface area (Å²) < 4.78 is 0. The number of amides is 2. The Morgan fingerprint density at radius 2 is 1.53 bits per heavy atom. The molecule has 0 spiro atoms. The van der Waals surface area contributed by atoms with E-state index in [1.165, 1.54) is 6.92 Å². The van der Waals surface area contributed by atoms with Gasteiger partial charge in [0.2, 0.25) is 0 Å². The lowest BCUT2D eigenvalue weighted by Crippen LogP contribution is -2.56. The minimum Gasteiger partial charge on any atom is -0.479 e. The lowest BCUT2D eigenvalue weighted by molar-refractivity contribution is -0.144. The van der Waals surface area contributed by atoms with Crippen molar-refractivity contribution in [2.45, 2.75) is 38.8 Å². The van der Waals surface area contributed by atoms with Crippen LogP contribution in [0.4, 0.5) is 4.79 Å². The fraction of sp³-hybridized carbons (Fsp3) is 0.429. The van der Waals surface area contributed by atoms with Crippen molar-refractivity contribution in [1.29, 1.82) is 0 Å². The van der Waals surface area contributed by atoms with Crippen LogP contribution >= 0.6 is 0 Å². The van der Waals surface area contributed by atoms with Crippen molar-refractivity contribution in [3.8, 4) is 0 Å². The number of hydrogen-bond acceptors (Lipinski definition) is 2. The zero-order valence-electron chi connectivity index (χ0n) is 11.7. The molecule has 0 heterocycles. The Morgan fingerprint density at radius 1 is 1.00 bits per heavy atom. The van der Waals surface area contributed by atoms with Crippen LogP contribution in [0.3, 0.4) is 0 Å². The van der Waals surface area contributed by atoms with Crippen molar-refractivity contribution in [3.63, 3.8) is 0 Å². The van der Waals surface area contributed by atoms with Gasteiger partial charge in [-0.2, -0.15) is 0 Å². The first-order valence-electron chi connectivity index (χ1n) is 6.04. The predicted octanol–water partition coefficient (Wildman–Crippen LogP) is 2.08. The average molecular weight is 264 g/mol.